The number of sulfonamides is 1. The number of rotatable bonds is 13. The predicted octanol–water partition coefficient (Wildman–Crippen LogP) is 6.36. The lowest BCUT2D eigenvalue weighted by Gasteiger charge is -2.33. The quantitative estimate of drug-likeness (QED) is 0.225. The number of aryl methyl sites for hydroxylation is 1. The summed E-state index contributed by atoms with van der Waals surface area (Å²) in [6, 6.07) is 15.2. The number of unbranched alkanes of at least 4 members (excludes halogenated alkanes) is 1. The van der Waals surface area contributed by atoms with Crippen LogP contribution in [0.2, 0.25) is 10.0 Å². The number of anilines is 1. The molecule has 0 aliphatic heterocycles. The van der Waals surface area contributed by atoms with Gasteiger partial charge in [-0.15, -0.1) is 0 Å². The molecular formula is C30H34Cl2FN3O4S. The SMILES string of the molecule is CCCCNC(=O)C(CC)N(Cc1ccc(F)cc1)C(=O)CN(c1cc(Cl)ccc1Cl)S(=O)(=O)c1ccc(C)cc1. The summed E-state index contributed by atoms with van der Waals surface area (Å²) in [7, 11) is -4.29. The average molecular weight is 623 g/mol. The van der Waals surface area contributed by atoms with Gasteiger partial charge in [0.2, 0.25) is 11.8 Å². The van der Waals surface area contributed by atoms with Crippen molar-refractivity contribution in [2.24, 2.45) is 0 Å². The molecule has 0 fully saturated rings. The van der Waals surface area contributed by atoms with E-state index in [0.717, 1.165) is 22.7 Å². The topological polar surface area (TPSA) is 86.8 Å². The first-order valence-corrected chi connectivity index (χ1v) is 15.5. The molecule has 220 valence electrons. The number of hydrogen-bond donors (Lipinski definition) is 1. The lowest BCUT2D eigenvalue weighted by molar-refractivity contribution is -0.140. The molecule has 3 aromatic rings. The van der Waals surface area contributed by atoms with Gasteiger partial charge in [-0.05, 0) is 67.8 Å². The van der Waals surface area contributed by atoms with E-state index < -0.39 is 34.3 Å². The number of nitrogens with zero attached hydrogens (tertiary/aromatic N) is 2. The van der Waals surface area contributed by atoms with E-state index in [4.69, 9.17) is 23.2 Å². The van der Waals surface area contributed by atoms with Crippen LogP contribution >= 0.6 is 23.2 Å². The fourth-order valence-electron chi connectivity index (χ4n) is 4.24. The van der Waals surface area contributed by atoms with Crippen molar-refractivity contribution in [2.75, 3.05) is 17.4 Å². The second kappa shape index (κ2) is 14.7. The molecule has 1 unspecified atom stereocenters. The van der Waals surface area contributed by atoms with Gasteiger partial charge in [0.15, 0.2) is 0 Å². The molecule has 0 heterocycles. The largest absolute Gasteiger partial charge is 0.354 e. The zero-order chi connectivity index (χ0) is 30.2. The molecule has 2 amide bonds. The molecule has 7 nitrogen and oxygen atoms in total. The van der Waals surface area contributed by atoms with Crippen molar-refractivity contribution in [3.8, 4) is 0 Å². The highest BCUT2D eigenvalue weighted by molar-refractivity contribution is 7.92. The third kappa shape index (κ3) is 8.44. The minimum Gasteiger partial charge on any atom is -0.354 e. The van der Waals surface area contributed by atoms with E-state index in [2.05, 4.69) is 5.32 Å². The number of amides is 2. The molecule has 0 aliphatic carbocycles. The smallest absolute Gasteiger partial charge is 0.264 e. The minimum atomic E-state index is -4.29. The Kier molecular flexibility index (Phi) is 11.6. The lowest BCUT2D eigenvalue weighted by atomic mass is 10.1. The summed E-state index contributed by atoms with van der Waals surface area (Å²) in [5, 5.41) is 3.17. The molecular weight excluding hydrogens is 588 g/mol. The zero-order valence-corrected chi connectivity index (χ0v) is 25.6. The second-order valence-corrected chi connectivity index (χ2v) is 12.3. The molecule has 0 radical (unpaired) electrons. The van der Waals surface area contributed by atoms with E-state index in [1.165, 1.54) is 59.5 Å². The van der Waals surface area contributed by atoms with E-state index in [1.807, 2.05) is 13.8 Å². The van der Waals surface area contributed by atoms with Crippen molar-refractivity contribution in [1.82, 2.24) is 10.2 Å². The Balaban J connectivity index is 2.07. The number of halogens is 3. The monoisotopic (exact) mass is 621 g/mol. The Morgan fingerprint density at radius 3 is 2.24 bits per heavy atom. The van der Waals surface area contributed by atoms with Gasteiger partial charge in [-0.1, -0.05) is 73.3 Å². The first-order chi connectivity index (χ1) is 19.5. The third-order valence-corrected chi connectivity index (χ3v) is 8.88. The molecule has 0 aliphatic rings. The summed E-state index contributed by atoms with van der Waals surface area (Å²) >= 11 is 12.7. The predicted molar refractivity (Wildman–Crippen MR) is 161 cm³/mol. The molecule has 41 heavy (non-hydrogen) atoms. The fraction of sp³-hybridized carbons (Fsp3) is 0.333. The number of nitrogens with one attached hydrogen (secondary N) is 1. The summed E-state index contributed by atoms with van der Waals surface area (Å²) in [5.74, 6) is -1.44. The molecule has 11 heteroatoms. The van der Waals surface area contributed by atoms with Gasteiger partial charge in [-0.3, -0.25) is 13.9 Å². The van der Waals surface area contributed by atoms with Crippen LogP contribution in [0.3, 0.4) is 0 Å². The van der Waals surface area contributed by atoms with E-state index in [-0.39, 0.29) is 39.5 Å². The van der Waals surface area contributed by atoms with Crippen LogP contribution in [0.25, 0.3) is 0 Å². The molecule has 3 aromatic carbocycles. The van der Waals surface area contributed by atoms with E-state index in [0.29, 0.717) is 12.1 Å². The summed E-state index contributed by atoms with van der Waals surface area (Å²) in [6.07, 6.45) is 1.92. The maximum absolute atomic E-state index is 14.1. The summed E-state index contributed by atoms with van der Waals surface area (Å²) < 4.78 is 42.4. The van der Waals surface area contributed by atoms with Crippen LogP contribution in [0, 0.1) is 12.7 Å². The van der Waals surface area contributed by atoms with Crippen LogP contribution in [-0.4, -0.2) is 44.3 Å². The standard InChI is InChI=1S/C30H34Cl2FN3O4S/c1-4-6-17-34-30(38)27(5-2)35(19-22-9-12-24(33)13-10-22)29(37)20-36(28-18-23(31)11-16-26(28)32)41(39,40)25-14-7-21(3)8-15-25/h7-16,18,27H,4-6,17,19-20H2,1-3H3,(H,34,38). The van der Waals surface area contributed by atoms with Crippen LogP contribution in [0.4, 0.5) is 10.1 Å². The van der Waals surface area contributed by atoms with Crippen LogP contribution in [-0.2, 0) is 26.2 Å². The van der Waals surface area contributed by atoms with Crippen molar-refractivity contribution >= 4 is 50.7 Å². The minimum absolute atomic E-state index is 0.0234. The highest BCUT2D eigenvalue weighted by Gasteiger charge is 2.34. The van der Waals surface area contributed by atoms with E-state index in [1.54, 1.807) is 19.1 Å². The van der Waals surface area contributed by atoms with E-state index >= 15 is 0 Å². The van der Waals surface area contributed by atoms with Crippen LogP contribution in [0.15, 0.2) is 71.6 Å². The first-order valence-electron chi connectivity index (χ1n) is 13.3. The Morgan fingerprint density at radius 2 is 1.63 bits per heavy atom. The Bertz CT molecular complexity index is 1450. The fourth-order valence-corrected chi connectivity index (χ4v) is 6.10. The third-order valence-electron chi connectivity index (χ3n) is 6.55. The van der Waals surface area contributed by atoms with Gasteiger partial charge in [-0.2, -0.15) is 0 Å². The van der Waals surface area contributed by atoms with Crippen molar-refractivity contribution in [2.45, 2.75) is 57.5 Å². The summed E-state index contributed by atoms with van der Waals surface area (Å²) in [6.45, 7) is 5.34. The average Bonchev–Trinajstić information content (AvgIpc) is 2.94. The van der Waals surface area contributed by atoms with Gasteiger partial charge in [0.05, 0.1) is 15.6 Å². The molecule has 0 saturated carbocycles. The van der Waals surface area contributed by atoms with Crippen LogP contribution in [0.1, 0.15) is 44.2 Å². The zero-order valence-electron chi connectivity index (χ0n) is 23.2. The molecule has 1 atom stereocenters. The first kappa shape index (κ1) is 32.4. The summed E-state index contributed by atoms with van der Waals surface area (Å²) in [5.41, 5.74) is 1.46. The molecule has 0 spiro atoms. The van der Waals surface area contributed by atoms with Crippen molar-refractivity contribution in [1.29, 1.82) is 0 Å². The lowest BCUT2D eigenvalue weighted by Crippen LogP contribution is -2.52. The second-order valence-electron chi connectivity index (χ2n) is 9.64. The number of benzene rings is 3. The number of carbonyl (C=O) groups is 2. The molecule has 0 aromatic heterocycles. The van der Waals surface area contributed by atoms with Gasteiger partial charge in [0.25, 0.3) is 10.0 Å². The Morgan fingerprint density at radius 1 is 0.976 bits per heavy atom. The Labute approximate surface area is 251 Å². The molecule has 0 bridgehead atoms. The van der Waals surface area contributed by atoms with Crippen LogP contribution in [0.5, 0.6) is 0 Å². The number of hydrogen-bond acceptors (Lipinski definition) is 4. The Hall–Kier alpha value is -3.14. The maximum Gasteiger partial charge on any atom is 0.264 e. The normalized spacial score (nSPS) is 12.0. The van der Waals surface area contributed by atoms with Crippen molar-refractivity contribution in [3.05, 3.63) is 93.7 Å². The summed E-state index contributed by atoms with van der Waals surface area (Å²) in [4.78, 5) is 28.5. The molecule has 1 N–H and O–H groups in total. The van der Waals surface area contributed by atoms with E-state index in [9.17, 15) is 22.4 Å². The van der Waals surface area contributed by atoms with Gasteiger partial charge < -0.3 is 10.2 Å². The maximum atomic E-state index is 14.1. The molecule has 0 saturated heterocycles. The van der Waals surface area contributed by atoms with Gasteiger partial charge in [0, 0.05) is 18.1 Å². The van der Waals surface area contributed by atoms with Gasteiger partial charge in [-0.25, -0.2) is 12.8 Å². The molecule has 3 rings (SSSR count). The van der Waals surface area contributed by atoms with Crippen molar-refractivity contribution in [3.63, 3.8) is 0 Å². The van der Waals surface area contributed by atoms with Crippen LogP contribution < -0.4 is 9.62 Å². The van der Waals surface area contributed by atoms with Gasteiger partial charge in [0.1, 0.15) is 18.4 Å². The van der Waals surface area contributed by atoms with Crippen molar-refractivity contribution < 1.29 is 22.4 Å². The number of carbonyl (C=O) groups excluding carboxylic acids is 2. The highest BCUT2D eigenvalue weighted by atomic mass is 35.5. The van der Waals surface area contributed by atoms with Gasteiger partial charge >= 0.3 is 0 Å². The highest BCUT2D eigenvalue weighted by Crippen LogP contribution is 2.33.